The largest absolute Gasteiger partial charge is 0.480 e. The molecule has 1 aromatic carbocycles. The molecular formula is C10H12ClNO4S. The minimum atomic E-state index is -3.69. The molecule has 0 spiro atoms. The molecule has 1 atom stereocenters. The second-order valence-corrected chi connectivity index (χ2v) is 5.85. The van der Waals surface area contributed by atoms with Crippen molar-refractivity contribution in [2.75, 3.05) is 10.6 Å². The van der Waals surface area contributed by atoms with Gasteiger partial charge in [0.15, 0.2) is 0 Å². The van der Waals surface area contributed by atoms with E-state index in [9.17, 15) is 13.2 Å². The van der Waals surface area contributed by atoms with E-state index in [4.69, 9.17) is 16.7 Å². The first-order valence-corrected chi connectivity index (χ1v) is 6.94. The van der Waals surface area contributed by atoms with Gasteiger partial charge in [-0.2, -0.15) is 0 Å². The van der Waals surface area contributed by atoms with Crippen LogP contribution in [0, 0.1) is 0 Å². The normalized spacial score (nSPS) is 13.1. The van der Waals surface area contributed by atoms with E-state index in [-0.39, 0.29) is 5.69 Å². The molecule has 0 aromatic heterocycles. The molecule has 0 aliphatic carbocycles. The smallest absolute Gasteiger partial charge is 0.327 e. The third kappa shape index (κ3) is 3.34. The third-order valence-corrected chi connectivity index (χ3v) is 3.61. The standard InChI is InChI=1S/C10H12ClNO4S/c1-7(10(13)14)12(17(2,15)16)9-5-3-4-8(11)6-9/h3-7H,1-2H3,(H,13,14)/t7-/m0/s1. The maximum Gasteiger partial charge on any atom is 0.327 e. The van der Waals surface area contributed by atoms with Gasteiger partial charge in [0.1, 0.15) is 6.04 Å². The Morgan fingerprint density at radius 1 is 1.47 bits per heavy atom. The first-order valence-electron chi connectivity index (χ1n) is 4.71. The van der Waals surface area contributed by atoms with Gasteiger partial charge in [-0.1, -0.05) is 17.7 Å². The molecule has 1 aromatic rings. The van der Waals surface area contributed by atoms with Crippen molar-refractivity contribution in [3.05, 3.63) is 29.3 Å². The molecule has 0 radical (unpaired) electrons. The summed E-state index contributed by atoms with van der Waals surface area (Å²) in [5.74, 6) is -1.23. The molecule has 0 amide bonds. The van der Waals surface area contributed by atoms with Crippen LogP contribution in [0.2, 0.25) is 5.02 Å². The molecule has 1 rings (SSSR count). The average Bonchev–Trinajstić information content (AvgIpc) is 2.15. The highest BCUT2D eigenvalue weighted by Crippen LogP contribution is 2.23. The van der Waals surface area contributed by atoms with Crippen LogP contribution in [0.1, 0.15) is 6.92 Å². The van der Waals surface area contributed by atoms with Gasteiger partial charge < -0.3 is 5.11 Å². The van der Waals surface area contributed by atoms with Crippen LogP contribution < -0.4 is 4.31 Å². The predicted molar refractivity (Wildman–Crippen MR) is 65.9 cm³/mol. The summed E-state index contributed by atoms with van der Waals surface area (Å²) in [6.07, 6.45) is 0.952. The van der Waals surface area contributed by atoms with Crippen molar-refractivity contribution in [2.24, 2.45) is 0 Å². The maximum atomic E-state index is 11.6. The molecule has 0 bridgehead atoms. The van der Waals surface area contributed by atoms with Gasteiger partial charge in [-0.05, 0) is 25.1 Å². The Hall–Kier alpha value is -1.27. The molecule has 0 saturated carbocycles. The van der Waals surface area contributed by atoms with Crippen molar-refractivity contribution in [1.29, 1.82) is 0 Å². The summed E-state index contributed by atoms with van der Waals surface area (Å²) < 4.78 is 24.0. The van der Waals surface area contributed by atoms with Gasteiger partial charge in [0.25, 0.3) is 0 Å². The van der Waals surface area contributed by atoms with Gasteiger partial charge in [-0.15, -0.1) is 0 Å². The summed E-state index contributed by atoms with van der Waals surface area (Å²) in [4.78, 5) is 10.9. The fourth-order valence-corrected chi connectivity index (χ4v) is 2.76. The number of hydrogen-bond acceptors (Lipinski definition) is 3. The highest BCUT2D eigenvalue weighted by Gasteiger charge is 2.28. The lowest BCUT2D eigenvalue weighted by atomic mass is 10.2. The maximum absolute atomic E-state index is 11.6. The number of nitrogens with zero attached hydrogens (tertiary/aromatic N) is 1. The minimum Gasteiger partial charge on any atom is -0.480 e. The fourth-order valence-electron chi connectivity index (χ4n) is 1.42. The minimum absolute atomic E-state index is 0.231. The summed E-state index contributed by atoms with van der Waals surface area (Å²) in [6, 6.07) is 4.85. The van der Waals surface area contributed by atoms with E-state index < -0.39 is 22.0 Å². The summed E-state index contributed by atoms with van der Waals surface area (Å²) in [5, 5.41) is 9.25. The number of carboxylic acids is 1. The van der Waals surface area contributed by atoms with Crippen molar-refractivity contribution in [3.8, 4) is 0 Å². The van der Waals surface area contributed by atoms with Crippen molar-refractivity contribution in [2.45, 2.75) is 13.0 Å². The molecule has 0 saturated heterocycles. The number of aliphatic carboxylic acids is 1. The van der Waals surface area contributed by atoms with Gasteiger partial charge in [0, 0.05) is 5.02 Å². The van der Waals surface area contributed by atoms with Crippen LogP contribution in [0.25, 0.3) is 0 Å². The number of carbonyl (C=O) groups is 1. The first kappa shape index (κ1) is 13.8. The topological polar surface area (TPSA) is 74.7 Å². The zero-order valence-corrected chi connectivity index (χ0v) is 10.9. The molecule has 94 valence electrons. The zero-order chi connectivity index (χ0) is 13.2. The summed E-state index contributed by atoms with van der Waals surface area (Å²) in [5.41, 5.74) is 0.231. The van der Waals surface area contributed by atoms with Gasteiger partial charge in [0.05, 0.1) is 11.9 Å². The summed E-state index contributed by atoms with van der Waals surface area (Å²) in [6.45, 7) is 1.30. The Balaban J connectivity index is 3.30. The van der Waals surface area contributed by atoms with E-state index in [2.05, 4.69) is 0 Å². The fraction of sp³-hybridized carbons (Fsp3) is 0.300. The van der Waals surface area contributed by atoms with Crippen LogP contribution in [-0.4, -0.2) is 31.8 Å². The van der Waals surface area contributed by atoms with Gasteiger partial charge in [0.2, 0.25) is 10.0 Å². The van der Waals surface area contributed by atoms with E-state index in [1.54, 1.807) is 12.1 Å². The van der Waals surface area contributed by atoms with Crippen molar-refractivity contribution in [1.82, 2.24) is 0 Å². The number of benzene rings is 1. The SMILES string of the molecule is C[C@@H](C(=O)O)N(c1cccc(Cl)c1)S(C)(=O)=O. The van der Waals surface area contributed by atoms with Crippen LogP contribution >= 0.6 is 11.6 Å². The molecule has 0 heterocycles. The Morgan fingerprint density at radius 2 is 2.06 bits per heavy atom. The number of sulfonamides is 1. The van der Waals surface area contributed by atoms with E-state index in [0.717, 1.165) is 10.6 Å². The second kappa shape index (κ2) is 4.93. The number of carboxylic acid groups (broad SMARTS) is 1. The van der Waals surface area contributed by atoms with Crippen LogP contribution in [0.4, 0.5) is 5.69 Å². The Kier molecular flexibility index (Phi) is 4.00. The Bertz CT molecular complexity index is 529. The molecule has 5 nitrogen and oxygen atoms in total. The highest BCUT2D eigenvalue weighted by atomic mass is 35.5. The van der Waals surface area contributed by atoms with Crippen molar-refractivity contribution in [3.63, 3.8) is 0 Å². The second-order valence-electron chi connectivity index (χ2n) is 3.55. The summed E-state index contributed by atoms with van der Waals surface area (Å²) in [7, 11) is -3.69. The highest BCUT2D eigenvalue weighted by molar-refractivity contribution is 7.92. The van der Waals surface area contributed by atoms with Gasteiger partial charge >= 0.3 is 5.97 Å². The Morgan fingerprint density at radius 3 is 2.47 bits per heavy atom. The molecule has 1 N–H and O–H groups in total. The summed E-state index contributed by atoms with van der Waals surface area (Å²) >= 11 is 5.75. The predicted octanol–water partition coefficient (Wildman–Crippen LogP) is 1.58. The van der Waals surface area contributed by atoms with Crippen LogP contribution in [0.5, 0.6) is 0 Å². The molecule has 17 heavy (non-hydrogen) atoms. The molecular weight excluding hydrogens is 266 g/mol. The van der Waals surface area contributed by atoms with E-state index in [1.807, 2.05) is 0 Å². The van der Waals surface area contributed by atoms with E-state index >= 15 is 0 Å². The van der Waals surface area contributed by atoms with Crippen molar-refractivity contribution < 1.29 is 18.3 Å². The van der Waals surface area contributed by atoms with Crippen LogP contribution in [-0.2, 0) is 14.8 Å². The zero-order valence-electron chi connectivity index (χ0n) is 9.29. The molecule has 0 aliphatic rings. The lowest BCUT2D eigenvalue weighted by Gasteiger charge is -2.26. The van der Waals surface area contributed by atoms with Crippen LogP contribution in [0.3, 0.4) is 0 Å². The van der Waals surface area contributed by atoms with Crippen molar-refractivity contribution >= 4 is 33.3 Å². The molecule has 7 heteroatoms. The number of anilines is 1. The quantitative estimate of drug-likeness (QED) is 0.907. The van der Waals surface area contributed by atoms with Gasteiger partial charge in [-0.25, -0.2) is 13.2 Å². The molecule has 0 unspecified atom stereocenters. The lowest BCUT2D eigenvalue weighted by Crippen LogP contribution is -2.42. The van der Waals surface area contributed by atoms with Gasteiger partial charge in [-0.3, -0.25) is 4.31 Å². The molecule has 0 aliphatic heterocycles. The first-order chi connectivity index (χ1) is 7.73. The number of hydrogen-bond donors (Lipinski definition) is 1. The number of rotatable bonds is 4. The third-order valence-electron chi connectivity index (χ3n) is 2.13. The van der Waals surface area contributed by atoms with Crippen LogP contribution in [0.15, 0.2) is 24.3 Å². The monoisotopic (exact) mass is 277 g/mol. The average molecular weight is 278 g/mol. The van der Waals surface area contributed by atoms with E-state index in [0.29, 0.717) is 5.02 Å². The Labute approximate surface area is 105 Å². The van der Waals surface area contributed by atoms with E-state index in [1.165, 1.54) is 19.1 Å². The molecule has 0 fully saturated rings. The number of halogens is 1. The lowest BCUT2D eigenvalue weighted by molar-refractivity contribution is -0.137.